The fraction of sp³-hybridized carbons (Fsp3) is 0.300. The Bertz CT molecular complexity index is 1280. The number of H-pyrrole nitrogens is 2. The Hall–Kier alpha value is -3.42. The first-order valence-electron chi connectivity index (χ1n) is 9.21. The number of para-hydroxylation sites is 1. The van der Waals surface area contributed by atoms with Gasteiger partial charge in [-0.1, -0.05) is 30.4 Å². The van der Waals surface area contributed by atoms with Gasteiger partial charge in [0.2, 0.25) is 0 Å². The predicted octanol–water partition coefficient (Wildman–Crippen LogP) is 1.36. The molecule has 2 heterocycles. The average Bonchev–Trinajstić information content (AvgIpc) is 3.29. The summed E-state index contributed by atoms with van der Waals surface area (Å²) in [7, 11) is 0. The molecule has 5 rings (SSSR count). The second-order valence-corrected chi connectivity index (χ2v) is 7.54. The molecule has 2 aliphatic carbocycles. The second-order valence-electron chi connectivity index (χ2n) is 7.54. The van der Waals surface area contributed by atoms with Gasteiger partial charge in [0.25, 0.3) is 5.56 Å². The lowest BCUT2D eigenvalue weighted by atomic mass is 9.80. The third-order valence-electron chi connectivity index (χ3n) is 6.20. The lowest BCUT2D eigenvalue weighted by molar-refractivity contribution is 0.267. The topological polar surface area (TPSA) is 106 Å². The van der Waals surface area contributed by atoms with E-state index in [1.54, 1.807) is 24.3 Å². The van der Waals surface area contributed by atoms with E-state index in [0.29, 0.717) is 5.69 Å². The highest BCUT2D eigenvalue weighted by atomic mass is 16.2. The van der Waals surface area contributed by atoms with E-state index in [2.05, 4.69) is 21.6 Å². The number of allylic oxidation sites excluding steroid dienone is 1. The van der Waals surface area contributed by atoms with E-state index in [-0.39, 0.29) is 17.4 Å². The van der Waals surface area contributed by atoms with Gasteiger partial charge in [-0.15, -0.1) is 0 Å². The minimum Gasteiger partial charge on any atom is -0.323 e. The summed E-state index contributed by atoms with van der Waals surface area (Å²) in [4.78, 5) is 45.2. The second kappa shape index (κ2) is 5.54. The Morgan fingerprint density at radius 3 is 2.61 bits per heavy atom. The molecule has 3 atom stereocenters. The van der Waals surface area contributed by atoms with Gasteiger partial charge < -0.3 is 4.98 Å². The van der Waals surface area contributed by atoms with Crippen LogP contribution < -0.4 is 16.9 Å². The largest absolute Gasteiger partial charge is 0.352 e. The molecule has 0 saturated heterocycles. The quantitative estimate of drug-likeness (QED) is 0.672. The number of nitrogens with zero attached hydrogens (tertiary/aromatic N) is 3. The Morgan fingerprint density at radius 1 is 1.18 bits per heavy atom. The molecule has 3 aromatic rings. The van der Waals surface area contributed by atoms with Gasteiger partial charge in [-0.25, -0.2) is 23.9 Å². The standard InChI is InChI=1S/C20H19N5O3/c1-11(2)20(13-8-9-14(20)17-16(13)21-10-15(26)22-17)25-19(28)24(18(27)23-25)12-6-4-3-5-7-12/h3-7,10,13-14H,1,8-9H2,2H3,(H,22,26)(H,23,27)/t13-,14+,20+/m0/s1. The molecule has 2 aromatic heterocycles. The van der Waals surface area contributed by atoms with Crippen LogP contribution in [0.15, 0.2) is 63.1 Å². The highest BCUT2D eigenvalue weighted by Gasteiger charge is 2.62. The van der Waals surface area contributed by atoms with Crippen LogP contribution in [0, 0.1) is 0 Å². The highest BCUT2D eigenvalue weighted by Crippen LogP contribution is 2.63. The molecule has 1 fully saturated rings. The van der Waals surface area contributed by atoms with E-state index in [0.717, 1.165) is 34.4 Å². The Kier molecular flexibility index (Phi) is 3.31. The van der Waals surface area contributed by atoms with Crippen molar-refractivity contribution in [3.8, 4) is 5.69 Å². The third kappa shape index (κ3) is 1.89. The van der Waals surface area contributed by atoms with Crippen molar-refractivity contribution in [1.29, 1.82) is 0 Å². The summed E-state index contributed by atoms with van der Waals surface area (Å²) in [5.74, 6) is -0.312. The Balaban J connectivity index is 1.79. The van der Waals surface area contributed by atoms with Crippen molar-refractivity contribution in [1.82, 2.24) is 24.3 Å². The molecule has 8 nitrogen and oxygen atoms in total. The zero-order valence-electron chi connectivity index (χ0n) is 15.3. The fourth-order valence-electron chi connectivity index (χ4n) is 5.23. The molecule has 0 spiro atoms. The summed E-state index contributed by atoms with van der Waals surface area (Å²) >= 11 is 0. The van der Waals surface area contributed by atoms with E-state index in [1.807, 2.05) is 13.0 Å². The lowest BCUT2D eigenvalue weighted by Gasteiger charge is -2.35. The van der Waals surface area contributed by atoms with Gasteiger partial charge in [0, 0.05) is 17.5 Å². The van der Waals surface area contributed by atoms with Crippen LogP contribution >= 0.6 is 0 Å². The van der Waals surface area contributed by atoms with Crippen LogP contribution in [0.25, 0.3) is 5.69 Å². The molecule has 0 aliphatic heterocycles. The molecular weight excluding hydrogens is 358 g/mol. The first kappa shape index (κ1) is 16.7. The molecule has 0 radical (unpaired) electrons. The average molecular weight is 377 g/mol. The molecule has 1 saturated carbocycles. The summed E-state index contributed by atoms with van der Waals surface area (Å²) in [6, 6.07) is 8.80. The maximum Gasteiger partial charge on any atom is 0.352 e. The number of hydrogen-bond acceptors (Lipinski definition) is 4. The molecule has 1 aromatic carbocycles. The molecular formula is C20H19N5O3. The number of nitrogens with one attached hydrogen (secondary N) is 2. The maximum absolute atomic E-state index is 13.4. The molecule has 28 heavy (non-hydrogen) atoms. The van der Waals surface area contributed by atoms with Gasteiger partial charge in [-0.05, 0) is 31.9 Å². The zero-order chi connectivity index (χ0) is 19.6. The SMILES string of the molecule is C=C(C)[C@]1(n2[nH]c(=O)n(-c3ccccc3)c2=O)[C@@H]2CC[C@H]1c1ncc(=O)[nH]c12. The molecule has 142 valence electrons. The highest BCUT2D eigenvalue weighted by molar-refractivity contribution is 5.45. The lowest BCUT2D eigenvalue weighted by Crippen LogP contribution is -2.45. The minimum atomic E-state index is -0.851. The van der Waals surface area contributed by atoms with Crippen LogP contribution in [-0.2, 0) is 5.54 Å². The number of aromatic amines is 2. The Labute approximate surface area is 159 Å². The van der Waals surface area contributed by atoms with Crippen LogP contribution in [0.1, 0.15) is 43.0 Å². The zero-order valence-corrected chi connectivity index (χ0v) is 15.3. The minimum absolute atomic E-state index is 0.137. The van der Waals surface area contributed by atoms with Crippen molar-refractivity contribution in [2.45, 2.75) is 37.1 Å². The van der Waals surface area contributed by atoms with Crippen LogP contribution in [0.2, 0.25) is 0 Å². The van der Waals surface area contributed by atoms with Crippen LogP contribution in [0.5, 0.6) is 0 Å². The van der Waals surface area contributed by atoms with Gasteiger partial charge in [0.1, 0.15) is 5.54 Å². The van der Waals surface area contributed by atoms with Crippen LogP contribution in [-0.4, -0.2) is 24.3 Å². The third-order valence-corrected chi connectivity index (χ3v) is 6.20. The predicted molar refractivity (Wildman–Crippen MR) is 103 cm³/mol. The van der Waals surface area contributed by atoms with Crippen molar-refractivity contribution < 1.29 is 0 Å². The van der Waals surface area contributed by atoms with Crippen molar-refractivity contribution >= 4 is 0 Å². The summed E-state index contributed by atoms with van der Waals surface area (Å²) in [5.41, 5.74) is 0.687. The van der Waals surface area contributed by atoms with Crippen LogP contribution in [0.3, 0.4) is 0 Å². The Morgan fingerprint density at radius 2 is 1.89 bits per heavy atom. The molecule has 8 heteroatoms. The van der Waals surface area contributed by atoms with Gasteiger partial charge in [0.05, 0.1) is 17.6 Å². The van der Waals surface area contributed by atoms with E-state index in [4.69, 9.17) is 0 Å². The molecule has 2 aliphatic rings. The van der Waals surface area contributed by atoms with Crippen molar-refractivity contribution in [3.05, 3.63) is 91.4 Å². The van der Waals surface area contributed by atoms with E-state index < -0.39 is 16.9 Å². The smallest absolute Gasteiger partial charge is 0.323 e. The monoisotopic (exact) mass is 377 g/mol. The fourth-order valence-corrected chi connectivity index (χ4v) is 5.23. The molecule has 2 N–H and O–H groups in total. The number of aromatic nitrogens is 5. The number of fused-ring (bicyclic) bond motifs is 5. The number of benzene rings is 1. The van der Waals surface area contributed by atoms with Gasteiger partial charge in [-0.3, -0.25) is 9.78 Å². The number of rotatable bonds is 3. The van der Waals surface area contributed by atoms with Crippen molar-refractivity contribution in [2.24, 2.45) is 0 Å². The van der Waals surface area contributed by atoms with Crippen LogP contribution in [0.4, 0.5) is 0 Å². The molecule has 2 bridgehead atoms. The summed E-state index contributed by atoms with van der Waals surface area (Å²) in [6.07, 6.45) is 2.84. The summed E-state index contributed by atoms with van der Waals surface area (Å²) < 4.78 is 2.54. The van der Waals surface area contributed by atoms with Gasteiger partial charge >= 0.3 is 11.4 Å². The van der Waals surface area contributed by atoms with E-state index in [9.17, 15) is 14.4 Å². The molecule has 0 unspecified atom stereocenters. The first-order chi connectivity index (χ1) is 13.5. The first-order valence-corrected chi connectivity index (χ1v) is 9.21. The number of hydrogen-bond donors (Lipinski definition) is 2. The van der Waals surface area contributed by atoms with Gasteiger partial charge in [0.15, 0.2) is 0 Å². The maximum atomic E-state index is 13.4. The normalized spacial score (nSPS) is 25.0. The molecule has 0 amide bonds. The van der Waals surface area contributed by atoms with E-state index in [1.165, 1.54) is 10.9 Å². The van der Waals surface area contributed by atoms with E-state index >= 15 is 0 Å². The van der Waals surface area contributed by atoms with Crippen molar-refractivity contribution in [2.75, 3.05) is 0 Å². The van der Waals surface area contributed by atoms with Gasteiger partial charge in [-0.2, -0.15) is 0 Å². The van der Waals surface area contributed by atoms with Crippen molar-refractivity contribution in [3.63, 3.8) is 0 Å². The summed E-state index contributed by atoms with van der Waals surface area (Å²) in [5, 5.41) is 2.76. The summed E-state index contributed by atoms with van der Waals surface area (Å²) in [6.45, 7) is 6.03.